The van der Waals surface area contributed by atoms with Crippen LogP contribution in [-0.4, -0.2) is 85.7 Å². The summed E-state index contributed by atoms with van der Waals surface area (Å²) in [4.78, 5) is 28.3. The molecule has 2 fully saturated rings. The Labute approximate surface area is 183 Å². The third kappa shape index (κ3) is 4.76. The SMILES string of the molecule is COc1cc2nc(N3CCN(CC(=O)N4CCCCCC4)CC3)nc(N)c2cc1OC. The van der Waals surface area contributed by atoms with Crippen LogP contribution < -0.4 is 20.1 Å². The van der Waals surface area contributed by atoms with Crippen molar-refractivity contribution in [2.75, 3.05) is 70.7 Å². The monoisotopic (exact) mass is 428 g/mol. The Balaban J connectivity index is 1.41. The van der Waals surface area contributed by atoms with Crippen LogP contribution in [0.2, 0.25) is 0 Å². The van der Waals surface area contributed by atoms with E-state index in [1.165, 1.54) is 12.8 Å². The van der Waals surface area contributed by atoms with Crippen molar-refractivity contribution in [2.24, 2.45) is 0 Å². The van der Waals surface area contributed by atoms with E-state index in [2.05, 4.69) is 14.8 Å². The topological polar surface area (TPSA) is 97.1 Å². The molecule has 1 aromatic carbocycles. The minimum Gasteiger partial charge on any atom is -0.493 e. The molecule has 9 heteroatoms. The number of nitrogens with two attached hydrogens (primary N) is 1. The van der Waals surface area contributed by atoms with Gasteiger partial charge in [0.25, 0.3) is 0 Å². The predicted octanol–water partition coefficient (Wildman–Crippen LogP) is 1.75. The van der Waals surface area contributed by atoms with E-state index in [1.807, 2.05) is 11.0 Å². The number of piperazine rings is 1. The maximum atomic E-state index is 12.7. The normalized spacial score (nSPS) is 18.1. The van der Waals surface area contributed by atoms with Crippen molar-refractivity contribution in [1.82, 2.24) is 19.8 Å². The fourth-order valence-corrected chi connectivity index (χ4v) is 4.33. The second-order valence-electron chi connectivity index (χ2n) is 8.19. The number of ether oxygens (including phenoxy) is 2. The molecule has 1 aromatic heterocycles. The van der Waals surface area contributed by atoms with E-state index < -0.39 is 0 Å². The van der Waals surface area contributed by atoms with Gasteiger partial charge in [-0.05, 0) is 18.9 Å². The van der Waals surface area contributed by atoms with E-state index in [-0.39, 0.29) is 5.91 Å². The summed E-state index contributed by atoms with van der Waals surface area (Å²) < 4.78 is 10.8. The number of carbonyl (C=O) groups is 1. The van der Waals surface area contributed by atoms with Crippen molar-refractivity contribution >= 4 is 28.6 Å². The highest BCUT2D eigenvalue weighted by Crippen LogP contribution is 2.34. The average Bonchev–Trinajstić information content (AvgIpc) is 3.08. The molecule has 0 aliphatic carbocycles. The molecule has 0 saturated carbocycles. The fraction of sp³-hybridized carbons (Fsp3) is 0.591. The van der Waals surface area contributed by atoms with Gasteiger partial charge in [-0.1, -0.05) is 12.8 Å². The summed E-state index contributed by atoms with van der Waals surface area (Å²) in [5, 5.41) is 0.739. The summed E-state index contributed by atoms with van der Waals surface area (Å²) in [6.07, 6.45) is 4.71. The molecule has 0 radical (unpaired) electrons. The van der Waals surface area contributed by atoms with Gasteiger partial charge in [0.05, 0.1) is 26.3 Å². The average molecular weight is 429 g/mol. The smallest absolute Gasteiger partial charge is 0.236 e. The number of amides is 1. The Bertz CT molecular complexity index is 921. The number of nitrogen functional groups attached to an aromatic ring is 1. The van der Waals surface area contributed by atoms with E-state index >= 15 is 0 Å². The first-order valence-electron chi connectivity index (χ1n) is 11.0. The largest absolute Gasteiger partial charge is 0.493 e. The zero-order chi connectivity index (χ0) is 21.8. The highest BCUT2D eigenvalue weighted by molar-refractivity contribution is 5.91. The van der Waals surface area contributed by atoms with Crippen molar-refractivity contribution in [3.63, 3.8) is 0 Å². The molecule has 2 N–H and O–H groups in total. The lowest BCUT2D eigenvalue weighted by molar-refractivity contribution is -0.132. The van der Waals surface area contributed by atoms with Crippen LogP contribution in [0.1, 0.15) is 25.7 Å². The summed E-state index contributed by atoms with van der Waals surface area (Å²) in [6, 6.07) is 3.63. The van der Waals surface area contributed by atoms with Crippen molar-refractivity contribution in [1.29, 1.82) is 0 Å². The molecular formula is C22H32N6O3. The summed E-state index contributed by atoms with van der Waals surface area (Å²) in [5.74, 6) is 2.48. The molecular weight excluding hydrogens is 396 g/mol. The van der Waals surface area contributed by atoms with Crippen LogP contribution in [-0.2, 0) is 4.79 Å². The first-order chi connectivity index (χ1) is 15.1. The van der Waals surface area contributed by atoms with Gasteiger partial charge in [0.1, 0.15) is 5.82 Å². The van der Waals surface area contributed by atoms with Crippen molar-refractivity contribution < 1.29 is 14.3 Å². The second kappa shape index (κ2) is 9.55. The maximum Gasteiger partial charge on any atom is 0.236 e. The third-order valence-corrected chi connectivity index (χ3v) is 6.19. The van der Waals surface area contributed by atoms with Crippen LogP contribution in [0.15, 0.2) is 12.1 Å². The number of rotatable bonds is 5. The lowest BCUT2D eigenvalue weighted by Gasteiger charge is -2.35. The van der Waals surface area contributed by atoms with E-state index in [1.54, 1.807) is 20.3 Å². The minimum atomic E-state index is 0.252. The summed E-state index contributed by atoms with van der Waals surface area (Å²) >= 11 is 0. The molecule has 0 bridgehead atoms. The molecule has 0 unspecified atom stereocenters. The zero-order valence-corrected chi connectivity index (χ0v) is 18.5. The summed E-state index contributed by atoms with van der Waals surface area (Å²) in [5.41, 5.74) is 6.95. The Morgan fingerprint density at radius 2 is 1.58 bits per heavy atom. The van der Waals surface area contributed by atoms with Crippen LogP contribution in [0.4, 0.5) is 11.8 Å². The van der Waals surface area contributed by atoms with Crippen LogP contribution in [0.25, 0.3) is 10.9 Å². The Morgan fingerprint density at radius 3 is 2.23 bits per heavy atom. The number of likely N-dealkylation sites (tertiary alicyclic amines) is 1. The van der Waals surface area contributed by atoms with Crippen LogP contribution in [0.5, 0.6) is 11.5 Å². The number of hydrogen-bond acceptors (Lipinski definition) is 8. The highest BCUT2D eigenvalue weighted by atomic mass is 16.5. The fourth-order valence-electron chi connectivity index (χ4n) is 4.33. The van der Waals surface area contributed by atoms with E-state index in [4.69, 9.17) is 20.2 Å². The Kier molecular flexibility index (Phi) is 6.60. The van der Waals surface area contributed by atoms with Gasteiger partial charge < -0.3 is 25.0 Å². The molecule has 3 heterocycles. The highest BCUT2D eigenvalue weighted by Gasteiger charge is 2.24. The Hall–Kier alpha value is -2.81. The summed E-state index contributed by atoms with van der Waals surface area (Å²) in [7, 11) is 3.19. The molecule has 2 aliphatic heterocycles. The van der Waals surface area contributed by atoms with Gasteiger partial charge in [0, 0.05) is 50.7 Å². The second-order valence-corrected chi connectivity index (χ2v) is 8.19. The number of nitrogens with zero attached hydrogens (tertiary/aromatic N) is 5. The maximum absolute atomic E-state index is 12.7. The first kappa shape index (κ1) is 21.4. The zero-order valence-electron chi connectivity index (χ0n) is 18.5. The molecule has 9 nitrogen and oxygen atoms in total. The van der Waals surface area contributed by atoms with Crippen LogP contribution >= 0.6 is 0 Å². The molecule has 2 aromatic rings. The molecule has 4 rings (SSSR count). The van der Waals surface area contributed by atoms with Crippen LogP contribution in [0, 0.1) is 0 Å². The van der Waals surface area contributed by atoms with E-state index in [0.717, 1.165) is 63.0 Å². The van der Waals surface area contributed by atoms with E-state index in [9.17, 15) is 4.79 Å². The first-order valence-corrected chi connectivity index (χ1v) is 11.0. The van der Waals surface area contributed by atoms with Gasteiger partial charge in [-0.25, -0.2) is 4.98 Å². The molecule has 0 spiro atoms. The predicted molar refractivity (Wildman–Crippen MR) is 121 cm³/mol. The lowest BCUT2D eigenvalue weighted by Crippen LogP contribution is -2.50. The lowest BCUT2D eigenvalue weighted by atomic mass is 10.2. The quantitative estimate of drug-likeness (QED) is 0.769. The Morgan fingerprint density at radius 1 is 0.935 bits per heavy atom. The summed E-state index contributed by atoms with van der Waals surface area (Å²) in [6.45, 7) is 5.40. The number of aromatic nitrogens is 2. The number of hydrogen-bond donors (Lipinski definition) is 1. The number of fused-ring (bicyclic) bond motifs is 1. The van der Waals surface area contributed by atoms with Gasteiger partial charge in [0.2, 0.25) is 11.9 Å². The third-order valence-electron chi connectivity index (χ3n) is 6.19. The molecule has 0 atom stereocenters. The van der Waals surface area contributed by atoms with Crippen molar-refractivity contribution in [2.45, 2.75) is 25.7 Å². The van der Waals surface area contributed by atoms with Crippen molar-refractivity contribution in [3.05, 3.63) is 12.1 Å². The molecule has 2 saturated heterocycles. The molecule has 2 aliphatic rings. The molecule has 168 valence electrons. The standard InChI is InChI=1S/C22H32N6O3/c1-30-18-13-16-17(14-19(18)31-2)24-22(25-21(16)23)28-11-9-26(10-12-28)15-20(29)27-7-5-3-4-6-8-27/h13-14H,3-12,15H2,1-2H3,(H2,23,24,25). The number of carbonyl (C=O) groups excluding carboxylic acids is 1. The minimum absolute atomic E-state index is 0.252. The van der Waals surface area contributed by atoms with Gasteiger partial charge in [0.15, 0.2) is 11.5 Å². The molecule has 31 heavy (non-hydrogen) atoms. The number of benzene rings is 1. The van der Waals surface area contributed by atoms with Crippen LogP contribution in [0.3, 0.4) is 0 Å². The van der Waals surface area contributed by atoms with Gasteiger partial charge in [-0.15, -0.1) is 0 Å². The van der Waals surface area contributed by atoms with Crippen molar-refractivity contribution in [3.8, 4) is 11.5 Å². The van der Waals surface area contributed by atoms with Gasteiger partial charge in [-0.2, -0.15) is 4.98 Å². The van der Waals surface area contributed by atoms with Gasteiger partial charge >= 0.3 is 0 Å². The van der Waals surface area contributed by atoms with E-state index in [0.29, 0.717) is 29.8 Å². The number of anilines is 2. The van der Waals surface area contributed by atoms with Gasteiger partial charge in [-0.3, -0.25) is 9.69 Å². The molecule has 1 amide bonds. The number of methoxy groups -OCH3 is 2.